The molecule has 0 saturated heterocycles. The summed E-state index contributed by atoms with van der Waals surface area (Å²) in [5.41, 5.74) is 3.71. The van der Waals surface area contributed by atoms with Crippen LogP contribution in [0.1, 0.15) is 11.1 Å². The minimum atomic E-state index is -0.268. The molecule has 0 saturated carbocycles. The maximum atomic E-state index is 11.9. The lowest BCUT2D eigenvalue weighted by molar-refractivity contribution is 0.262. The largest absolute Gasteiger partial charge is 0.323 e. The van der Waals surface area contributed by atoms with Crippen molar-refractivity contribution in [2.45, 2.75) is 18.7 Å². The normalized spacial score (nSPS) is 10.1. The summed E-state index contributed by atoms with van der Waals surface area (Å²) in [6.07, 6.45) is 0. The molecule has 0 spiro atoms. The van der Waals surface area contributed by atoms with Gasteiger partial charge in [0.05, 0.1) is 5.69 Å². The maximum absolute atomic E-state index is 11.9. The van der Waals surface area contributed by atoms with Crippen LogP contribution in [-0.4, -0.2) is 6.03 Å². The number of thiol groups is 1. The molecule has 0 radical (unpaired) electrons. The van der Waals surface area contributed by atoms with E-state index in [0.717, 1.165) is 21.7 Å². The molecule has 0 aliphatic rings. The van der Waals surface area contributed by atoms with Crippen LogP contribution in [0.4, 0.5) is 16.2 Å². The molecule has 0 aromatic heterocycles. The van der Waals surface area contributed by atoms with Crippen molar-refractivity contribution < 1.29 is 4.79 Å². The van der Waals surface area contributed by atoms with Crippen molar-refractivity contribution in [1.82, 2.24) is 0 Å². The van der Waals surface area contributed by atoms with Gasteiger partial charge in [-0.3, -0.25) is 0 Å². The number of aryl methyl sites for hydroxylation is 1. The van der Waals surface area contributed by atoms with Crippen LogP contribution in [0.5, 0.6) is 0 Å². The third-order valence-electron chi connectivity index (χ3n) is 3.01. The van der Waals surface area contributed by atoms with Gasteiger partial charge in [0.25, 0.3) is 0 Å². The second-order valence-corrected chi connectivity index (χ2v) is 4.83. The van der Waals surface area contributed by atoms with Gasteiger partial charge in [-0.25, -0.2) is 4.79 Å². The quantitative estimate of drug-likeness (QED) is 0.703. The van der Waals surface area contributed by atoms with Crippen LogP contribution in [0, 0.1) is 13.8 Å². The van der Waals surface area contributed by atoms with E-state index < -0.39 is 0 Å². The van der Waals surface area contributed by atoms with Crippen molar-refractivity contribution >= 4 is 30.0 Å². The Bertz CT molecular complexity index is 611. The molecule has 2 rings (SSSR count). The van der Waals surface area contributed by atoms with E-state index in [1.54, 1.807) is 0 Å². The molecule has 19 heavy (non-hydrogen) atoms. The SMILES string of the molecule is Cc1cccc(NC(=O)Nc2ccccc2S)c1C. The molecule has 0 aliphatic heterocycles. The summed E-state index contributed by atoms with van der Waals surface area (Å²) in [6.45, 7) is 4.00. The molecule has 0 bridgehead atoms. The summed E-state index contributed by atoms with van der Waals surface area (Å²) in [6, 6.07) is 12.9. The second kappa shape index (κ2) is 5.80. The van der Waals surface area contributed by atoms with Crippen LogP contribution in [0.15, 0.2) is 47.4 Å². The van der Waals surface area contributed by atoms with Gasteiger partial charge < -0.3 is 10.6 Å². The molecular formula is C15H16N2OS. The molecule has 0 aliphatic carbocycles. The minimum Gasteiger partial charge on any atom is -0.307 e. The molecule has 0 atom stereocenters. The summed E-state index contributed by atoms with van der Waals surface area (Å²) in [7, 11) is 0. The summed E-state index contributed by atoms with van der Waals surface area (Å²) < 4.78 is 0. The highest BCUT2D eigenvalue weighted by atomic mass is 32.1. The molecule has 3 nitrogen and oxygen atoms in total. The van der Waals surface area contributed by atoms with Gasteiger partial charge in [-0.05, 0) is 43.2 Å². The fourth-order valence-electron chi connectivity index (χ4n) is 1.74. The van der Waals surface area contributed by atoms with Gasteiger partial charge in [-0.15, -0.1) is 12.6 Å². The first-order valence-corrected chi connectivity index (χ1v) is 6.45. The Balaban J connectivity index is 2.10. The predicted molar refractivity (Wildman–Crippen MR) is 82.3 cm³/mol. The molecule has 0 fully saturated rings. The monoisotopic (exact) mass is 272 g/mol. The number of anilines is 2. The number of nitrogens with one attached hydrogen (secondary N) is 2. The van der Waals surface area contributed by atoms with Gasteiger partial charge in [0, 0.05) is 10.6 Å². The Hall–Kier alpha value is -1.94. The fraction of sp³-hybridized carbons (Fsp3) is 0.133. The Morgan fingerprint density at radius 1 is 0.947 bits per heavy atom. The standard InChI is InChI=1S/C15H16N2OS/c1-10-6-5-8-12(11(10)2)16-15(18)17-13-7-3-4-9-14(13)19/h3-9,19H,1-2H3,(H2,16,17,18). The lowest BCUT2D eigenvalue weighted by Gasteiger charge is -2.12. The molecule has 4 heteroatoms. The number of hydrogen-bond acceptors (Lipinski definition) is 2. The highest BCUT2D eigenvalue weighted by molar-refractivity contribution is 7.80. The molecule has 0 heterocycles. The highest BCUT2D eigenvalue weighted by Gasteiger charge is 2.07. The molecule has 98 valence electrons. The summed E-state index contributed by atoms with van der Waals surface area (Å²) >= 11 is 4.29. The van der Waals surface area contributed by atoms with Gasteiger partial charge in [0.2, 0.25) is 0 Å². The maximum Gasteiger partial charge on any atom is 0.323 e. The topological polar surface area (TPSA) is 41.1 Å². The van der Waals surface area contributed by atoms with Crippen molar-refractivity contribution in [2.75, 3.05) is 10.6 Å². The lowest BCUT2D eigenvalue weighted by atomic mass is 10.1. The molecule has 2 aromatic carbocycles. The van der Waals surface area contributed by atoms with Gasteiger partial charge in [0.15, 0.2) is 0 Å². The number of hydrogen-bond donors (Lipinski definition) is 3. The van der Waals surface area contributed by atoms with Crippen LogP contribution < -0.4 is 10.6 Å². The number of amides is 2. The summed E-state index contributed by atoms with van der Waals surface area (Å²) in [4.78, 5) is 12.7. The van der Waals surface area contributed by atoms with E-state index >= 15 is 0 Å². The number of benzene rings is 2. The smallest absolute Gasteiger partial charge is 0.307 e. The van der Waals surface area contributed by atoms with Crippen molar-refractivity contribution in [3.05, 3.63) is 53.6 Å². The number of urea groups is 1. The molecular weight excluding hydrogens is 256 g/mol. The van der Waals surface area contributed by atoms with Crippen LogP contribution in [-0.2, 0) is 0 Å². The van der Waals surface area contributed by atoms with Gasteiger partial charge >= 0.3 is 6.03 Å². The van der Waals surface area contributed by atoms with Gasteiger partial charge in [0.1, 0.15) is 0 Å². The second-order valence-electron chi connectivity index (χ2n) is 4.34. The zero-order chi connectivity index (χ0) is 13.8. The molecule has 0 unspecified atom stereocenters. The first kappa shape index (κ1) is 13.5. The summed E-state index contributed by atoms with van der Waals surface area (Å²) in [5.74, 6) is 0. The van der Waals surface area contributed by atoms with E-state index in [9.17, 15) is 4.79 Å². The number of rotatable bonds is 2. The molecule has 2 N–H and O–H groups in total. The van der Waals surface area contributed by atoms with Crippen LogP contribution in [0.3, 0.4) is 0 Å². The van der Waals surface area contributed by atoms with E-state index in [1.807, 2.05) is 56.3 Å². The predicted octanol–water partition coefficient (Wildman–Crippen LogP) is 4.24. The minimum absolute atomic E-state index is 0.268. The van der Waals surface area contributed by atoms with E-state index in [-0.39, 0.29) is 6.03 Å². The average Bonchev–Trinajstić information content (AvgIpc) is 2.38. The lowest BCUT2D eigenvalue weighted by Crippen LogP contribution is -2.20. The Morgan fingerprint density at radius 3 is 2.32 bits per heavy atom. The highest BCUT2D eigenvalue weighted by Crippen LogP contribution is 2.20. The molecule has 2 aromatic rings. The van der Waals surface area contributed by atoms with Crippen molar-refractivity contribution in [3.63, 3.8) is 0 Å². The van der Waals surface area contributed by atoms with E-state index in [0.29, 0.717) is 5.69 Å². The summed E-state index contributed by atoms with van der Waals surface area (Å²) in [5, 5.41) is 5.62. The van der Waals surface area contributed by atoms with Gasteiger partial charge in [-0.2, -0.15) is 0 Å². The van der Waals surface area contributed by atoms with E-state index in [4.69, 9.17) is 0 Å². The van der Waals surface area contributed by atoms with Crippen LogP contribution in [0.2, 0.25) is 0 Å². The Kier molecular flexibility index (Phi) is 4.12. The van der Waals surface area contributed by atoms with E-state index in [1.165, 1.54) is 0 Å². The zero-order valence-corrected chi connectivity index (χ0v) is 11.8. The number of para-hydroxylation sites is 1. The zero-order valence-electron chi connectivity index (χ0n) is 10.9. The number of carbonyl (C=O) groups excluding carboxylic acids is 1. The van der Waals surface area contributed by atoms with Crippen molar-refractivity contribution in [2.24, 2.45) is 0 Å². The van der Waals surface area contributed by atoms with Crippen LogP contribution in [0.25, 0.3) is 0 Å². The third kappa shape index (κ3) is 3.29. The fourth-order valence-corrected chi connectivity index (χ4v) is 1.96. The van der Waals surface area contributed by atoms with Crippen molar-refractivity contribution in [1.29, 1.82) is 0 Å². The third-order valence-corrected chi connectivity index (χ3v) is 3.40. The van der Waals surface area contributed by atoms with Crippen molar-refractivity contribution in [3.8, 4) is 0 Å². The first-order chi connectivity index (χ1) is 9.08. The average molecular weight is 272 g/mol. The Morgan fingerprint density at radius 2 is 1.58 bits per heavy atom. The first-order valence-electron chi connectivity index (χ1n) is 6.00. The van der Waals surface area contributed by atoms with Crippen LogP contribution >= 0.6 is 12.6 Å². The Labute approximate surface area is 118 Å². The molecule has 2 amide bonds. The number of carbonyl (C=O) groups is 1. The van der Waals surface area contributed by atoms with Gasteiger partial charge in [-0.1, -0.05) is 24.3 Å². The van der Waals surface area contributed by atoms with E-state index in [2.05, 4.69) is 23.3 Å².